The lowest BCUT2D eigenvalue weighted by atomic mass is 10.4. The van der Waals surface area contributed by atoms with E-state index in [9.17, 15) is 4.79 Å². The van der Waals surface area contributed by atoms with Crippen molar-refractivity contribution in [2.24, 2.45) is 5.73 Å². The molecule has 0 spiro atoms. The van der Waals surface area contributed by atoms with Crippen LogP contribution in [0.5, 0.6) is 0 Å². The van der Waals surface area contributed by atoms with E-state index in [4.69, 9.17) is 5.73 Å². The van der Waals surface area contributed by atoms with Crippen LogP contribution in [0.4, 0.5) is 0 Å². The summed E-state index contributed by atoms with van der Waals surface area (Å²) in [5.74, 6) is 0.800. The Labute approximate surface area is 104 Å². The second-order valence-corrected chi connectivity index (χ2v) is 5.39. The number of hydrogen-bond donors (Lipinski definition) is 2. The molecule has 1 aliphatic carbocycles. The molecule has 1 aromatic rings. The van der Waals surface area contributed by atoms with Gasteiger partial charge in [-0.2, -0.15) is 0 Å². The molecule has 0 saturated heterocycles. The first kappa shape index (κ1) is 12.4. The van der Waals surface area contributed by atoms with Crippen LogP contribution in [0, 0.1) is 0 Å². The van der Waals surface area contributed by atoms with Crippen molar-refractivity contribution in [3.8, 4) is 0 Å². The van der Waals surface area contributed by atoms with E-state index in [1.54, 1.807) is 7.05 Å². The molecule has 0 radical (unpaired) electrons. The van der Waals surface area contributed by atoms with Crippen LogP contribution >= 0.6 is 11.8 Å². The number of carbonyl (C=O) groups excluding carboxylic acids is 1. The topological polar surface area (TPSA) is 85.8 Å². The lowest BCUT2D eigenvalue weighted by molar-refractivity contribution is -0.119. The molecule has 0 bridgehead atoms. The van der Waals surface area contributed by atoms with Crippen molar-refractivity contribution in [2.45, 2.75) is 42.8 Å². The first-order chi connectivity index (χ1) is 8.17. The van der Waals surface area contributed by atoms with Crippen LogP contribution in [0.2, 0.25) is 0 Å². The van der Waals surface area contributed by atoms with Gasteiger partial charge in [-0.15, -0.1) is 10.2 Å². The highest BCUT2D eigenvalue weighted by molar-refractivity contribution is 8.00. The molecule has 17 heavy (non-hydrogen) atoms. The van der Waals surface area contributed by atoms with Crippen LogP contribution < -0.4 is 11.1 Å². The number of rotatable bonds is 5. The van der Waals surface area contributed by atoms with Gasteiger partial charge in [0.25, 0.3) is 0 Å². The number of nitrogens with zero attached hydrogens (tertiary/aromatic N) is 3. The van der Waals surface area contributed by atoms with Crippen LogP contribution in [0.1, 0.15) is 31.6 Å². The zero-order valence-corrected chi connectivity index (χ0v) is 10.8. The summed E-state index contributed by atoms with van der Waals surface area (Å²) in [6, 6.07) is 0.475. The Hall–Kier alpha value is -1.08. The average molecular weight is 255 g/mol. The van der Waals surface area contributed by atoms with Crippen molar-refractivity contribution < 1.29 is 4.79 Å². The summed E-state index contributed by atoms with van der Waals surface area (Å²) in [5, 5.41) is 11.4. The molecule has 0 aromatic carbocycles. The van der Waals surface area contributed by atoms with Gasteiger partial charge in [-0.3, -0.25) is 4.79 Å². The van der Waals surface area contributed by atoms with Crippen molar-refractivity contribution in [3.63, 3.8) is 0 Å². The Morgan fingerprint density at radius 3 is 2.88 bits per heavy atom. The quantitative estimate of drug-likeness (QED) is 0.739. The van der Waals surface area contributed by atoms with Crippen molar-refractivity contribution in [1.82, 2.24) is 20.1 Å². The number of hydrogen-bond acceptors (Lipinski definition) is 5. The second kappa shape index (κ2) is 5.05. The molecule has 3 N–H and O–H groups in total. The monoisotopic (exact) mass is 255 g/mol. The molecule has 1 saturated carbocycles. The van der Waals surface area contributed by atoms with Crippen molar-refractivity contribution >= 4 is 17.7 Å². The third kappa shape index (κ3) is 2.61. The molecule has 7 heteroatoms. The van der Waals surface area contributed by atoms with Gasteiger partial charge in [0.05, 0.1) is 11.8 Å². The highest BCUT2D eigenvalue weighted by Crippen LogP contribution is 2.39. The van der Waals surface area contributed by atoms with E-state index in [1.807, 2.05) is 6.92 Å². The number of thioether (sulfide) groups is 1. The predicted octanol–water partition coefficient (Wildman–Crippen LogP) is 0.298. The number of nitrogens with two attached hydrogens (primary N) is 1. The molecule has 1 aliphatic rings. The maximum Gasteiger partial charge on any atom is 0.233 e. The maximum atomic E-state index is 11.5. The van der Waals surface area contributed by atoms with E-state index in [0.29, 0.717) is 12.6 Å². The van der Waals surface area contributed by atoms with Gasteiger partial charge in [-0.1, -0.05) is 11.8 Å². The molecule has 1 fully saturated rings. The van der Waals surface area contributed by atoms with Gasteiger partial charge in [-0.25, -0.2) is 0 Å². The van der Waals surface area contributed by atoms with E-state index in [0.717, 1.165) is 23.8 Å². The smallest absolute Gasteiger partial charge is 0.233 e. The summed E-state index contributed by atoms with van der Waals surface area (Å²) in [4.78, 5) is 11.5. The van der Waals surface area contributed by atoms with Gasteiger partial charge in [-0.05, 0) is 19.8 Å². The van der Waals surface area contributed by atoms with Gasteiger partial charge in [0.2, 0.25) is 5.91 Å². The van der Waals surface area contributed by atoms with E-state index in [1.165, 1.54) is 11.8 Å². The first-order valence-electron chi connectivity index (χ1n) is 5.69. The zero-order chi connectivity index (χ0) is 12.4. The molecule has 1 aromatic heterocycles. The highest BCUT2D eigenvalue weighted by atomic mass is 32.2. The molecule has 6 nitrogen and oxygen atoms in total. The van der Waals surface area contributed by atoms with E-state index in [-0.39, 0.29) is 11.2 Å². The summed E-state index contributed by atoms with van der Waals surface area (Å²) in [6.07, 6.45) is 2.29. The summed E-state index contributed by atoms with van der Waals surface area (Å²) in [6.45, 7) is 2.25. The normalized spacial score (nSPS) is 16.9. The SMILES string of the molecule is CNC(=O)C(C)Sc1nnc(CN)n1C1CC1. The largest absolute Gasteiger partial charge is 0.358 e. The second-order valence-electron chi connectivity index (χ2n) is 4.08. The summed E-state index contributed by atoms with van der Waals surface area (Å²) < 4.78 is 2.07. The number of amides is 1. The Morgan fingerprint density at radius 2 is 2.35 bits per heavy atom. The number of carbonyl (C=O) groups is 1. The minimum atomic E-state index is -0.174. The van der Waals surface area contributed by atoms with Crippen LogP contribution in [-0.2, 0) is 11.3 Å². The highest BCUT2D eigenvalue weighted by Gasteiger charge is 2.30. The standard InChI is InChI=1S/C10H17N5OS/c1-6(9(16)12-2)17-10-14-13-8(5-11)15(10)7-3-4-7/h6-7H,3-5,11H2,1-2H3,(H,12,16). The molecule has 0 aliphatic heterocycles. The Morgan fingerprint density at radius 1 is 1.65 bits per heavy atom. The van der Waals surface area contributed by atoms with Crippen LogP contribution in [-0.4, -0.2) is 33.0 Å². The molecule has 1 amide bonds. The average Bonchev–Trinajstić information content (AvgIpc) is 3.10. The van der Waals surface area contributed by atoms with Gasteiger partial charge >= 0.3 is 0 Å². The van der Waals surface area contributed by atoms with Gasteiger partial charge < -0.3 is 15.6 Å². The fourth-order valence-electron chi connectivity index (χ4n) is 1.64. The Kier molecular flexibility index (Phi) is 3.68. The van der Waals surface area contributed by atoms with Crippen molar-refractivity contribution in [2.75, 3.05) is 7.05 Å². The molecule has 1 unspecified atom stereocenters. The lowest BCUT2D eigenvalue weighted by Crippen LogP contribution is -2.27. The van der Waals surface area contributed by atoms with Crippen LogP contribution in [0.3, 0.4) is 0 Å². The minimum Gasteiger partial charge on any atom is -0.358 e. The predicted molar refractivity (Wildman–Crippen MR) is 65.6 cm³/mol. The summed E-state index contributed by atoms with van der Waals surface area (Å²) in [5.41, 5.74) is 5.63. The third-order valence-electron chi connectivity index (χ3n) is 2.73. The van der Waals surface area contributed by atoms with Gasteiger partial charge in [0.15, 0.2) is 5.16 Å². The number of nitrogens with one attached hydrogen (secondary N) is 1. The van der Waals surface area contributed by atoms with E-state index >= 15 is 0 Å². The van der Waals surface area contributed by atoms with Gasteiger partial charge in [0, 0.05) is 13.1 Å². The van der Waals surface area contributed by atoms with Crippen LogP contribution in [0.25, 0.3) is 0 Å². The Balaban J connectivity index is 2.15. The van der Waals surface area contributed by atoms with Crippen molar-refractivity contribution in [3.05, 3.63) is 5.82 Å². The van der Waals surface area contributed by atoms with Gasteiger partial charge in [0.1, 0.15) is 5.82 Å². The molecule has 94 valence electrons. The molecule has 2 rings (SSSR count). The van der Waals surface area contributed by atoms with Crippen molar-refractivity contribution in [1.29, 1.82) is 0 Å². The minimum absolute atomic E-state index is 0.00496. The molecule has 1 heterocycles. The van der Waals surface area contributed by atoms with Crippen LogP contribution in [0.15, 0.2) is 5.16 Å². The van der Waals surface area contributed by atoms with E-state index in [2.05, 4.69) is 20.1 Å². The first-order valence-corrected chi connectivity index (χ1v) is 6.57. The van der Waals surface area contributed by atoms with E-state index < -0.39 is 0 Å². The summed E-state index contributed by atoms with van der Waals surface area (Å²) in [7, 11) is 1.64. The zero-order valence-electron chi connectivity index (χ0n) is 10.0. The maximum absolute atomic E-state index is 11.5. The number of aromatic nitrogens is 3. The third-order valence-corrected chi connectivity index (χ3v) is 3.78. The fraction of sp³-hybridized carbons (Fsp3) is 0.700. The fourth-order valence-corrected chi connectivity index (χ4v) is 2.64. The molecular weight excluding hydrogens is 238 g/mol. The Bertz CT molecular complexity index is 415. The molecule has 1 atom stereocenters. The summed E-state index contributed by atoms with van der Waals surface area (Å²) >= 11 is 1.43. The molecular formula is C10H17N5OS. The lowest BCUT2D eigenvalue weighted by Gasteiger charge is -2.11.